The van der Waals surface area contributed by atoms with Crippen molar-refractivity contribution in [2.24, 2.45) is 0 Å². The lowest BCUT2D eigenvalue weighted by Gasteiger charge is -2.17. The Kier molecular flexibility index (Phi) is 3.97. The van der Waals surface area contributed by atoms with E-state index < -0.39 is 11.9 Å². The van der Waals surface area contributed by atoms with Gasteiger partial charge in [0.2, 0.25) is 0 Å². The number of hydrogen-bond acceptors (Lipinski definition) is 2. The summed E-state index contributed by atoms with van der Waals surface area (Å²) < 4.78 is 6.10. The molecule has 4 heteroatoms. The minimum absolute atomic E-state index is 0.578. The summed E-state index contributed by atoms with van der Waals surface area (Å²) in [6, 6.07) is 1.87. The lowest BCUT2D eigenvalue weighted by atomic mass is 9.96. The first-order valence-corrected chi connectivity index (χ1v) is 5.75. The fourth-order valence-corrected chi connectivity index (χ4v) is 2.24. The van der Waals surface area contributed by atoms with E-state index in [4.69, 9.17) is 9.84 Å². The van der Waals surface area contributed by atoms with E-state index in [1.165, 1.54) is 0 Å². The van der Waals surface area contributed by atoms with Crippen LogP contribution in [0.2, 0.25) is 0 Å². The second-order valence-corrected chi connectivity index (χ2v) is 4.61. The van der Waals surface area contributed by atoms with Gasteiger partial charge < -0.3 is 9.84 Å². The number of aryl methyl sites for hydroxylation is 1. The summed E-state index contributed by atoms with van der Waals surface area (Å²) in [6.45, 7) is 5.58. The highest BCUT2D eigenvalue weighted by Crippen LogP contribution is 2.37. The van der Waals surface area contributed by atoms with Gasteiger partial charge in [-0.2, -0.15) is 0 Å². The SMILES string of the molecule is COc1c(C(C)C(=O)O)cc(C)c(C)c1Br. The standard InChI is InChI=1S/C12H15BrO3/c1-6-5-9(8(3)12(14)15)11(16-4)10(13)7(6)2/h5,8H,1-4H3,(H,14,15). The van der Waals surface area contributed by atoms with Crippen molar-refractivity contribution in [2.45, 2.75) is 26.7 Å². The number of hydrogen-bond donors (Lipinski definition) is 1. The largest absolute Gasteiger partial charge is 0.495 e. The van der Waals surface area contributed by atoms with Gasteiger partial charge in [-0.3, -0.25) is 4.79 Å². The Balaban J connectivity index is 3.44. The predicted octanol–water partition coefficient (Wildman–Crippen LogP) is 3.26. The zero-order valence-electron chi connectivity index (χ0n) is 9.80. The number of methoxy groups -OCH3 is 1. The quantitative estimate of drug-likeness (QED) is 0.928. The van der Waals surface area contributed by atoms with Gasteiger partial charge in [-0.05, 0) is 47.8 Å². The summed E-state index contributed by atoms with van der Waals surface area (Å²) in [5, 5.41) is 9.04. The Bertz CT molecular complexity index is 427. The lowest BCUT2D eigenvalue weighted by molar-refractivity contribution is -0.138. The van der Waals surface area contributed by atoms with Gasteiger partial charge in [-0.15, -0.1) is 0 Å². The molecule has 1 unspecified atom stereocenters. The predicted molar refractivity (Wildman–Crippen MR) is 66.2 cm³/mol. The van der Waals surface area contributed by atoms with Crippen molar-refractivity contribution in [3.8, 4) is 5.75 Å². The molecule has 0 radical (unpaired) electrons. The van der Waals surface area contributed by atoms with Gasteiger partial charge in [0.15, 0.2) is 0 Å². The monoisotopic (exact) mass is 286 g/mol. The van der Waals surface area contributed by atoms with Crippen molar-refractivity contribution in [2.75, 3.05) is 7.11 Å². The van der Waals surface area contributed by atoms with Crippen LogP contribution < -0.4 is 4.74 Å². The van der Waals surface area contributed by atoms with Crippen LogP contribution in [0.15, 0.2) is 10.5 Å². The van der Waals surface area contributed by atoms with E-state index in [0.29, 0.717) is 11.3 Å². The third-order valence-electron chi connectivity index (χ3n) is 2.80. The molecular formula is C12H15BrO3. The van der Waals surface area contributed by atoms with Crippen molar-refractivity contribution < 1.29 is 14.6 Å². The highest BCUT2D eigenvalue weighted by Gasteiger charge is 2.21. The second kappa shape index (κ2) is 4.87. The zero-order valence-corrected chi connectivity index (χ0v) is 11.4. The van der Waals surface area contributed by atoms with Gasteiger partial charge >= 0.3 is 5.97 Å². The molecule has 1 aromatic rings. The van der Waals surface area contributed by atoms with E-state index in [1.807, 2.05) is 19.9 Å². The van der Waals surface area contributed by atoms with Crippen LogP contribution >= 0.6 is 15.9 Å². The molecule has 1 aromatic carbocycles. The van der Waals surface area contributed by atoms with Crippen LogP contribution in [0.1, 0.15) is 29.5 Å². The van der Waals surface area contributed by atoms with Crippen LogP contribution in [0.5, 0.6) is 5.75 Å². The Morgan fingerprint density at radius 1 is 1.50 bits per heavy atom. The van der Waals surface area contributed by atoms with Crippen LogP contribution in [-0.2, 0) is 4.79 Å². The average Bonchev–Trinajstić information content (AvgIpc) is 2.24. The van der Waals surface area contributed by atoms with E-state index in [9.17, 15) is 4.79 Å². The van der Waals surface area contributed by atoms with Gasteiger partial charge in [0.25, 0.3) is 0 Å². The topological polar surface area (TPSA) is 46.5 Å². The normalized spacial score (nSPS) is 12.3. The fraction of sp³-hybridized carbons (Fsp3) is 0.417. The Labute approximate surface area is 104 Å². The Morgan fingerprint density at radius 2 is 2.06 bits per heavy atom. The number of rotatable bonds is 3. The van der Waals surface area contributed by atoms with Gasteiger partial charge in [-0.25, -0.2) is 0 Å². The average molecular weight is 287 g/mol. The number of ether oxygens (including phenoxy) is 1. The molecule has 1 rings (SSSR count). The molecule has 0 bridgehead atoms. The lowest BCUT2D eigenvalue weighted by Crippen LogP contribution is -2.10. The number of halogens is 1. The number of carboxylic acid groups (broad SMARTS) is 1. The smallest absolute Gasteiger partial charge is 0.310 e. The number of carbonyl (C=O) groups is 1. The maximum atomic E-state index is 11.0. The summed E-state index contributed by atoms with van der Waals surface area (Å²) in [6.07, 6.45) is 0. The summed E-state index contributed by atoms with van der Waals surface area (Å²) in [4.78, 5) is 11.0. The number of carboxylic acids is 1. The molecule has 0 aliphatic rings. The number of aliphatic carboxylic acids is 1. The molecule has 0 aromatic heterocycles. The van der Waals surface area contributed by atoms with Crippen LogP contribution in [-0.4, -0.2) is 18.2 Å². The molecule has 1 N–H and O–H groups in total. The summed E-state index contributed by atoms with van der Waals surface area (Å²) >= 11 is 3.44. The minimum atomic E-state index is -0.853. The molecule has 0 amide bonds. The highest BCUT2D eigenvalue weighted by atomic mass is 79.9. The van der Waals surface area contributed by atoms with Crippen molar-refractivity contribution in [3.63, 3.8) is 0 Å². The summed E-state index contributed by atoms with van der Waals surface area (Å²) in [7, 11) is 1.55. The van der Waals surface area contributed by atoms with Crippen LogP contribution in [0.4, 0.5) is 0 Å². The van der Waals surface area contributed by atoms with Crippen LogP contribution in [0.3, 0.4) is 0 Å². The van der Waals surface area contributed by atoms with Crippen molar-refractivity contribution in [3.05, 3.63) is 27.2 Å². The molecule has 0 fully saturated rings. The molecular weight excluding hydrogens is 272 g/mol. The molecule has 88 valence electrons. The van der Waals surface area contributed by atoms with E-state index in [0.717, 1.165) is 15.6 Å². The maximum Gasteiger partial charge on any atom is 0.310 e. The maximum absolute atomic E-state index is 11.0. The van der Waals surface area contributed by atoms with Gasteiger partial charge in [0, 0.05) is 5.56 Å². The zero-order chi connectivity index (χ0) is 12.5. The van der Waals surface area contributed by atoms with Gasteiger partial charge in [0.05, 0.1) is 17.5 Å². The molecule has 0 aliphatic heterocycles. The molecule has 0 heterocycles. The highest BCUT2D eigenvalue weighted by molar-refractivity contribution is 9.10. The van der Waals surface area contributed by atoms with Crippen LogP contribution in [0, 0.1) is 13.8 Å². The minimum Gasteiger partial charge on any atom is -0.495 e. The summed E-state index contributed by atoms with van der Waals surface area (Å²) in [5.41, 5.74) is 2.82. The first-order chi connectivity index (χ1) is 7.40. The number of benzene rings is 1. The first kappa shape index (κ1) is 13.0. The van der Waals surface area contributed by atoms with E-state index >= 15 is 0 Å². The van der Waals surface area contributed by atoms with E-state index in [2.05, 4.69) is 15.9 Å². The van der Waals surface area contributed by atoms with Crippen LogP contribution in [0.25, 0.3) is 0 Å². The van der Waals surface area contributed by atoms with E-state index in [1.54, 1.807) is 14.0 Å². The Morgan fingerprint density at radius 3 is 2.50 bits per heavy atom. The molecule has 0 saturated carbocycles. The third kappa shape index (κ3) is 2.21. The molecule has 0 saturated heterocycles. The third-order valence-corrected chi connectivity index (χ3v) is 3.75. The van der Waals surface area contributed by atoms with Crippen molar-refractivity contribution >= 4 is 21.9 Å². The Hall–Kier alpha value is -1.03. The molecule has 3 nitrogen and oxygen atoms in total. The first-order valence-electron chi connectivity index (χ1n) is 4.96. The van der Waals surface area contributed by atoms with E-state index in [-0.39, 0.29) is 0 Å². The van der Waals surface area contributed by atoms with Gasteiger partial charge in [0.1, 0.15) is 5.75 Å². The summed E-state index contributed by atoms with van der Waals surface area (Å²) in [5.74, 6) is -0.822. The van der Waals surface area contributed by atoms with Gasteiger partial charge in [-0.1, -0.05) is 6.07 Å². The molecule has 0 spiro atoms. The molecule has 1 atom stereocenters. The van der Waals surface area contributed by atoms with Crippen molar-refractivity contribution in [1.82, 2.24) is 0 Å². The van der Waals surface area contributed by atoms with Crippen molar-refractivity contribution in [1.29, 1.82) is 0 Å². The second-order valence-electron chi connectivity index (χ2n) is 3.81. The molecule has 0 aliphatic carbocycles. The fourth-order valence-electron chi connectivity index (χ4n) is 1.54. The molecule has 16 heavy (non-hydrogen) atoms.